The topological polar surface area (TPSA) is 44.7 Å². The number of benzene rings is 2. The third-order valence-electron chi connectivity index (χ3n) is 3.80. The summed E-state index contributed by atoms with van der Waals surface area (Å²) in [6, 6.07) is 14.0. The van der Waals surface area contributed by atoms with E-state index in [1.165, 1.54) is 17.7 Å². The van der Waals surface area contributed by atoms with Gasteiger partial charge in [0.05, 0.1) is 0 Å². The van der Waals surface area contributed by atoms with E-state index in [1.54, 1.807) is 12.1 Å². The molecule has 0 saturated heterocycles. The van der Waals surface area contributed by atoms with E-state index < -0.39 is 6.10 Å². The molecule has 0 aliphatic carbocycles. The summed E-state index contributed by atoms with van der Waals surface area (Å²) >= 11 is 0. The van der Waals surface area contributed by atoms with E-state index in [9.17, 15) is 9.50 Å². The smallest absolute Gasteiger partial charge is 0.123 e. The second-order valence-corrected chi connectivity index (χ2v) is 6.00. The minimum Gasteiger partial charge on any atom is -0.491 e. The first-order valence-electron chi connectivity index (χ1n) is 8.03. The average Bonchev–Trinajstić information content (AvgIpc) is 2.59. The minimum atomic E-state index is -0.649. The monoisotopic (exact) mass is 332 g/mol. The highest BCUT2D eigenvalue weighted by Crippen LogP contribution is 2.24. The van der Waals surface area contributed by atoms with Crippen LogP contribution < -0.4 is 15.0 Å². The maximum atomic E-state index is 12.8. The number of nitrogens with one attached hydrogen (secondary N) is 1. The highest BCUT2D eigenvalue weighted by molar-refractivity contribution is 5.53. The Kier molecular flexibility index (Phi) is 6.58. The lowest BCUT2D eigenvalue weighted by Gasteiger charge is -2.23. The maximum Gasteiger partial charge on any atom is 0.123 e. The summed E-state index contributed by atoms with van der Waals surface area (Å²) in [4.78, 5) is 2.07. The van der Waals surface area contributed by atoms with Gasteiger partial charge in [-0.25, -0.2) is 4.39 Å². The molecular weight excluding hydrogens is 307 g/mol. The summed E-state index contributed by atoms with van der Waals surface area (Å²) in [7, 11) is 4.02. The molecular formula is C19H25FN2O2. The fourth-order valence-electron chi connectivity index (χ4n) is 2.47. The second kappa shape index (κ2) is 8.66. The molecule has 0 spiro atoms. The van der Waals surface area contributed by atoms with Gasteiger partial charge in [0, 0.05) is 32.4 Å². The standard InChI is InChI=1S/C19H25FN2O2/c1-14(18-6-4-5-7-19(18)22(2)3)21-12-16(23)13-24-17-10-8-15(20)9-11-17/h4-11,14,16,21,23H,12-13H2,1-3H3. The molecule has 0 aromatic heterocycles. The van der Waals surface area contributed by atoms with Gasteiger partial charge in [-0.3, -0.25) is 0 Å². The summed E-state index contributed by atoms with van der Waals surface area (Å²) in [5, 5.41) is 13.4. The van der Waals surface area contributed by atoms with Gasteiger partial charge in [0.25, 0.3) is 0 Å². The molecule has 0 aliphatic rings. The average molecular weight is 332 g/mol. The largest absolute Gasteiger partial charge is 0.491 e. The SMILES string of the molecule is CC(NCC(O)COc1ccc(F)cc1)c1ccccc1N(C)C. The first kappa shape index (κ1) is 18.2. The van der Waals surface area contributed by atoms with Gasteiger partial charge in [-0.05, 0) is 42.8 Å². The minimum absolute atomic E-state index is 0.101. The van der Waals surface area contributed by atoms with Crippen molar-refractivity contribution in [2.75, 3.05) is 32.1 Å². The lowest BCUT2D eigenvalue weighted by Crippen LogP contribution is -2.33. The van der Waals surface area contributed by atoms with Crippen molar-refractivity contribution in [2.24, 2.45) is 0 Å². The van der Waals surface area contributed by atoms with Crippen molar-refractivity contribution in [1.29, 1.82) is 0 Å². The van der Waals surface area contributed by atoms with Crippen LogP contribution in [0.2, 0.25) is 0 Å². The third kappa shape index (κ3) is 5.22. The number of aliphatic hydroxyl groups excluding tert-OH is 1. The molecule has 2 aromatic carbocycles. The Morgan fingerprint density at radius 1 is 1.12 bits per heavy atom. The number of rotatable bonds is 8. The third-order valence-corrected chi connectivity index (χ3v) is 3.80. The summed E-state index contributed by atoms with van der Waals surface area (Å²) in [5.74, 6) is 0.236. The van der Waals surface area contributed by atoms with Gasteiger partial charge in [0.2, 0.25) is 0 Å². The summed E-state index contributed by atoms with van der Waals surface area (Å²) < 4.78 is 18.3. The molecule has 5 heteroatoms. The number of hydrogen-bond acceptors (Lipinski definition) is 4. The Balaban J connectivity index is 1.83. The molecule has 2 atom stereocenters. The number of aliphatic hydroxyl groups is 1. The van der Waals surface area contributed by atoms with Crippen molar-refractivity contribution in [3.63, 3.8) is 0 Å². The normalized spacial score (nSPS) is 13.4. The van der Waals surface area contributed by atoms with E-state index in [4.69, 9.17) is 4.74 Å². The van der Waals surface area contributed by atoms with E-state index in [-0.39, 0.29) is 18.5 Å². The number of nitrogens with zero attached hydrogens (tertiary/aromatic N) is 1. The molecule has 0 saturated carbocycles. The number of anilines is 1. The van der Waals surface area contributed by atoms with Gasteiger partial charge in [-0.15, -0.1) is 0 Å². The molecule has 0 fully saturated rings. The molecule has 2 rings (SSSR count). The fraction of sp³-hybridized carbons (Fsp3) is 0.368. The van der Waals surface area contributed by atoms with Crippen LogP contribution in [0.5, 0.6) is 5.75 Å². The van der Waals surface area contributed by atoms with Crippen LogP contribution in [0.3, 0.4) is 0 Å². The Labute approximate surface area is 142 Å². The van der Waals surface area contributed by atoms with Crippen LogP contribution in [0.25, 0.3) is 0 Å². The summed E-state index contributed by atoms with van der Waals surface area (Å²) in [5.41, 5.74) is 2.32. The van der Waals surface area contributed by atoms with Crippen molar-refractivity contribution < 1.29 is 14.2 Å². The molecule has 0 bridgehead atoms. The van der Waals surface area contributed by atoms with E-state index in [0.29, 0.717) is 12.3 Å². The van der Waals surface area contributed by atoms with Crippen LogP contribution in [0, 0.1) is 5.82 Å². The lowest BCUT2D eigenvalue weighted by molar-refractivity contribution is 0.104. The Hall–Kier alpha value is -2.11. The van der Waals surface area contributed by atoms with Crippen LogP contribution >= 0.6 is 0 Å². The second-order valence-electron chi connectivity index (χ2n) is 6.00. The van der Waals surface area contributed by atoms with E-state index in [1.807, 2.05) is 26.2 Å². The Morgan fingerprint density at radius 3 is 2.46 bits per heavy atom. The maximum absolute atomic E-state index is 12.8. The van der Waals surface area contributed by atoms with Gasteiger partial charge < -0.3 is 20.1 Å². The van der Waals surface area contributed by atoms with Gasteiger partial charge in [-0.2, -0.15) is 0 Å². The summed E-state index contributed by atoms with van der Waals surface area (Å²) in [6.07, 6.45) is -0.649. The molecule has 2 unspecified atom stereocenters. The van der Waals surface area contributed by atoms with Crippen LogP contribution in [0.4, 0.5) is 10.1 Å². The zero-order valence-electron chi connectivity index (χ0n) is 14.4. The quantitative estimate of drug-likeness (QED) is 0.780. The van der Waals surface area contributed by atoms with Crippen LogP contribution in [0.15, 0.2) is 48.5 Å². The number of para-hydroxylation sites is 1. The first-order valence-corrected chi connectivity index (χ1v) is 8.03. The van der Waals surface area contributed by atoms with Crippen molar-refractivity contribution >= 4 is 5.69 Å². The first-order chi connectivity index (χ1) is 11.5. The zero-order chi connectivity index (χ0) is 17.5. The Bertz CT molecular complexity index is 632. The van der Waals surface area contributed by atoms with E-state index in [2.05, 4.69) is 29.3 Å². The molecule has 2 aromatic rings. The van der Waals surface area contributed by atoms with E-state index >= 15 is 0 Å². The van der Waals surface area contributed by atoms with Crippen molar-refractivity contribution in [1.82, 2.24) is 5.32 Å². The molecule has 130 valence electrons. The van der Waals surface area contributed by atoms with Crippen LogP contribution in [0.1, 0.15) is 18.5 Å². The lowest BCUT2D eigenvalue weighted by atomic mass is 10.1. The fourth-order valence-corrected chi connectivity index (χ4v) is 2.47. The molecule has 24 heavy (non-hydrogen) atoms. The molecule has 0 radical (unpaired) electrons. The highest BCUT2D eigenvalue weighted by Gasteiger charge is 2.13. The van der Waals surface area contributed by atoms with Crippen molar-refractivity contribution in [3.8, 4) is 5.75 Å². The molecule has 2 N–H and O–H groups in total. The van der Waals surface area contributed by atoms with Gasteiger partial charge in [0.1, 0.15) is 24.3 Å². The number of ether oxygens (including phenoxy) is 1. The van der Waals surface area contributed by atoms with Gasteiger partial charge in [-0.1, -0.05) is 18.2 Å². The van der Waals surface area contributed by atoms with Crippen molar-refractivity contribution in [2.45, 2.75) is 19.1 Å². The molecule has 0 aliphatic heterocycles. The molecule has 4 nitrogen and oxygen atoms in total. The molecule has 0 amide bonds. The highest BCUT2D eigenvalue weighted by atomic mass is 19.1. The Morgan fingerprint density at radius 2 is 1.79 bits per heavy atom. The van der Waals surface area contributed by atoms with Gasteiger partial charge >= 0.3 is 0 Å². The predicted octanol–water partition coefficient (Wildman–Crippen LogP) is 2.98. The van der Waals surface area contributed by atoms with E-state index in [0.717, 1.165) is 5.69 Å². The van der Waals surface area contributed by atoms with Crippen molar-refractivity contribution in [3.05, 3.63) is 59.9 Å². The zero-order valence-corrected chi connectivity index (χ0v) is 14.4. The van der Waals surface area contributed by atoms with Crippen LogP contribution in [-0.2, 0) is 0 Å². The molecule has 0 heterocycles. The number of hydrogen-bond donors (Lipinski definition) is 2. The summed E-state index contributed by atoms with van der Waals surface area (Å²) in [6.45, 7) is 2.63. The van der Waals surface area contributed by atoms with Crippen LogP contribution in [-0.4, -0.2) is 38.5 Å². The number of halogens is 1. The predicted molar refractivity (Wildman–Crippen MR) is 95.1 cm³/mol. The van der Waals surface area contributed by atoms with Gasteiger partial charge in [0.15, 0.2) is 0 Å².